The number of anilines is 1. The molecule has 1 atom stereocenters. The molecule has 0 aliphatic rings. The van der Waals surface area contributed by atoms with Crippen molar-refractivity contribution in [1.82, 2.24) is 0 Å². The Morgan fingerprint density at radius 2 is 1.90 bits per heavy atom. The molecule has 0 aliphatic heterocycles. The minimum absolute atomic E-state index is 0.0993. The molecule has 21 heavy (non-hydrogen) atoms. The van der Waals surface area contributed by atoms with Gasteiger partial charge in [-0.15, -0.1) is 0 Å². The van der Waals surface area contributed by atoms with Crippen molar-refractivity contribution in [1.29, 1.82) is 0 Å². The highest BCUT2D eigenvalue weighted by Gasteiger charge is 2.21. The Kier molecular flexibility index (Phi) is 4.24. The van der Waals surface area contributed by atoms with Gasteiger partial charge >= 0.3 is 0 Å². The fourth-order valence-corrected chi connectivity index (χ4v) is 1.78. The predicted molar refractivity (Wildman–Crippen MR) is 75.1 cm³/mol. The number of nitrogens with zero attached hydrogens (tertiary/aromatic N) is 1. The molecule has 0 spiro atoms. The van der Waals surface area contributed by atoms with E-state index in [9.17, 15) is 19.3 Å². The van der Waals surface area contributed by atoms with Crippen molar-refractivity contribution in [2.75, 3.05) is 5.32 Å². The SMILES string of the molecule is N[C@@H](C(=O)Nc1ccc(F)cc1[N+](=O)[O-])c1ccccc1. The van der Waals surface area contributed by atoms with Gasteiger partial charge in [0.25, 0.3) is 5.69 Å². The highest BCUT2D eigenvalue weighted by Crippen LogP contribution is 2.26. The van der Waals surface area contributed by atoms with Crippen LogP contribution < -0.4 is 11.1 Å². The molecule has 0 saturated carbocycles. The number of benzene rings is 2. The molecule has 7 heteroatoms. The molecule has 3 N–H and O–H groups in total. The number of halogens is 1. The normalized spacial score (nSPS) is 11.7. The lowest BCUT2D eigenvalue weighted by Crippen LogP contribution is -2.28. The third-order valence-corrected chi connectivity index (χ3v) is 2.86. The van der Waals surface area contributed by atoms with Gasteiger partial charge in [0.1, 0.15) is 17.5 Å². The average molecular weight is 289 g/mol. The van der Waals surface area contributed by atoms with E-state index < -0.39 is 28.4 Å². The minimum atomic E-state index is -0.976. The maximum absolute atomic E-state index is 13.0. The smallest absolute Gasteiger partial charge is 0.295 e. The number of hydrogen-bond acceptors (Lipinski definition) is 4. The standard InChI is InChI=1S/C14H12FN3O3/c15-10-6-7-11(12(8-10)18(20)21)17-14(19)13(16)9-4-2-1-3-5-9/h1-8,13H,16H2,(H,17,19)/t13-/m1/s1. The average Bonchev–Trinajstić information content (AvgIpc) is 2.49. The van der Waals surface area contributed by atoms with Gasteiger partial charge in [-0.05, 0) is 17.7 Å². The Morgan fingerprint density at radius 3 is 2.52 bits per heavy atom. The van der Waals surface area contributed by atoms with Crippen LogP contribution in [0.15, 0.2) is 48.5 Å². The zero-order chi connectivity index (χ0) is 15.4. The molecule has 0 radical (unpaired) electrons. The van der Waals surface area contributed by atoms with Gasteiger partial charge in [0, 0.05) is 0 Å². The molecule has 108 valence electrons. The highest BCUT2D eigenvalue weighted by molar-refractivity contribution is 5.97. The van der Waals surface area contributed by atoms with Gasteiger partial charge in [0.05, 0.1) is 11.0 Å². The molecule has 0 heterocycles. The predicted octanol–water partition coefficient (Wildman–Crippen LogP) is 2.37. The van der Waals surface area contributed by atoms with E-state index in [1.807, 2.05) is 0 Å². The van der Waals surface area contributed by atoms with Gasteiger partial charge in [-0.25, -0.2) is 4.39 Å². The van der Waals surface area contributed by atoms with Crippen molar-refractivity contribution in [3.63, 3.8) is 0 Å². The van der Waals surface area contributed by atoms with Crippen molar-refractivity contribution in [2.45, 2.75) is 6.04 Å². The number of carbonyl (C=O) groups is 1. The van der Waals surface area contributed by atoms with E-state index in [-0.39, 0.29) is 5.69 Å². The lowest BCUT2D eigenvalue weighted by atomic mass is 10.1. The number of nitro benzene ring substituents is 1. The lowest BCUT2D eigenvalue weighted by Gasteiger charge is -2.12. The first-order valence-electron chi connectivity index (χ1n) is 6.04. The molecule has 0 fully saturated rings. The first kappa shape index (κ1) is 14.6. The molecule has 2 aromatic carbocycles. The van der Waals surface area contributed by atoms with Crippen molar-refractivity contribution in [3.8, 4) is 0 Å². The topological polar surface area (TPSA) is 98.3 Å². The van der Waals surface area contributed by atoms with Crippen molar-refractivity contribution in [2.24, 2.45) is 5.73 Å². The van der Waals surface area contributed by atoms with Gasteiger partial charge in [-0.1, -0.05) is 30.3 Å². The molecule has 1 amide bonds. The summed E-state index contributed by atoms with van der Waals surface area (Å²) in [4.78, 5) is 22.1. The van der Waals surface area contributed by atoms with Crippen molar-refractivity contribution < 1.29 is 14.1 Å². The van der Waals surface area contributed by atoms with Crippen LogP contribution in [0.3, 0.4) is 0 Å². The number of amides is 1. The molecule has 6 nitrogen and oxygen atoms in total. The van der Waals surface area contributed by atoms with E-state index in [0.29, 0.717) is 5.56 Å². The van der Waals surface area contributed by atoms with E-state index in [4.69, 9.17) is 5.73 Å². The fourth-order valence-electron chi connectivity index (χ4n) is 1.78. The van der Waals surface area contributed by atoms with Crippen LogP contribution in [0.5, 0.6) is 0 Å². The first-order chi connectivity index (χ1) is 9.99. The highest BCUT2D eigenvalue weighted by atomic mass is 19.1. The Morgan fingerprint density at radius 1 is 1.24 bits per heavy atom. The third kappa shape index (κ3) is 3.40. The maximum atomic E-state index is 13.0. The van der Waals surface area contributed by atoms with Gasteiger partial charge in [-0.2, -0.15) is 0 Å². The molecule has 0 aliphatic carbocycles. The summed E-state index contributed by atoms with van der Waals surface area (Å²) < 4.78 is 13.0. The molecule has 0 unspecified atom stereocenters. The fraction of sp³-hybridized carbons (Fsp3) is 0.0714. The van der Waals surface area contributed by atoms with Gasteiger partial charge in [-0.3, -0.25) is 14.9 Å². The lowest BCUT2D eigenvalue weighted by molar-refractivity contribution is -0.384. The summed E-state index contributed by atoms with van der Waals surface area (Å²) in [6.45, 7) is 0. The van der Waals surface area contributed by atoms with Crippen LogP contribution in [0, 0.1) is 15.9 Å². The van der Waals surface area contributed by atoms with E-state index in [2.05, 4.69) is 5.32 Å². The monoisotopic (exact) mass is 289 g/mol. The molecular weight excluding hydrogens is 277 g/mol. The zero-order valence-corrected chi connectivity index (χ0v) is 10.8. The summed E-state index contributed by atoms with van der Waals surface area (Å²) in [5, 5.41) is 13.2. The molecule has 0 bridgehead atoms. The Balaban J connectivity index is 2.22. The molecule has 2 aromatic rings. The van der Waals surface area contributed by atoms with Crippen molar-refractivity contribution >= 4 is 17.3 Å². The van der Waals surface area contributed by atoms with Crippen LogP contribution in [0.25, 0.3) is 0 Å². The van der Waals surface area contributed by atoms with Crippen LogP contribution >= 0.6 is 0 Å². The number of nitrogens with two attached hydrogens (primary N) is 1. The third-order valence-electron chi connectivity index (χ3n) is 2.86. The second-order valence-electron chi connectivity index (χ2n) is 4.30. The van der Waals surface area contributed by atoms with Crippen LogP contribution in [0.4, 0.5) is 15.8 Å². The minimum Gasteiger partial charge on any atom is -0.319 e. The van der Waals surface area contributed by atoms with Gasteiger partial charge in [0.15, 0.2) is 0 Å². The molecule has 2 rings (SSSR count). The summed E-state index contributed by atoms with van der Waals surface area (Å²) in [5.74, 6) is -1.37. The van der Waals surface area contributed by atoms with E-state index in [0.717, 1.165) is 18.2 Å². The number of nitro groups is 1. The zero-order valence-electron chi connectivity index (χ0n) is 10.8. The summed E-state index contributed by atoms with van der Waals surface area (Å²) >= 11 is 0. The van der Waals surface area contributed by atoms with Crippen LogP contribution in [-0.2, 0) is 4.79 Å². The second-order valence-corrected chi connectivity index (χ2v) is 4.30. The molecule has 0 saturated heterocycles. The van der Waals surface area contributed by atoms with Gasteiger partial charge < -0.3 is 11.1 Å². The van der Waals surface area contributed by atoms with E-state index in [1.54, 1.807) is 30.3 Å². The second kappa shape index (κ2) is 6.10. The van der Waals surface area contributed by atoms with E-state index in [1.165, 1.54) is 0 Å². The Bertz CT molecular complexity index is 676. The summed E-state index contributed by atoms with van der Waals surface area (Å²) in [6, 6.07) is 10.5. The maximum Gasteiger partial charge on any atom is 0.295 e. The number of hydrogen-bond donors (Lipinski definition) is 2. The number of rotatable bonds is 4. The first-order valence-corrected chi connectivity index (χ1v) is 6.04. The summed E-state index contributed by atoms with van der Waals surface area (Å²) in [7, 11) is 0. The van der Waals surface area contributed by atoms with Crippen LogP contribution in [0.1, 0.15) is 11.6 Å². The Labute approximate surface area is 119 Å². The number of nitrogens with one attached hydrogen (secondary N) is 1. The molecule has 0 aromatic heterocycles. The van der Waals surface area contributed by atoms with E-state index >= 15 is 0 Å². The quantitative estimate of drug-likeness (QED) is 0.666. The Hall–Kier alpha value is -2.80. The van der Waals surface area contributed by atoms with Gasteiger partial charge in [0.2, 0.25) is 5.91 Å². The molecular formula is C14H12FN3O3. The van der Waals surface area contributed by atoms with Crippen molar-refractivity contribution in [3.05, 3.63) is 70.0 Å². The summed E-state index contributed by atoms with van der Waals surface area (Å²) in [6.07, 6.45) is 0. The largest absolute Gasteiger partial charge is 0.319 e. The number of carbonyl (C=O) groups excluding carboxylic acids is 1. The van der Waals surface area contributed by atoms with Crippen LogP contribution in [-0.4, -0.2) is 10.8 Å². The van der Waals surface area contributed by atoms with Crippen LogP contribution in [0.2, 0.25) is 0 Å². The summed E-state index contributed by atoms with van der Waals surface area (Å²) in [5.41, 5.74) is 5.73.